The molecule has 92 valence electrons. The van der Waals surface area contributed by atoms with Crippen LogP contribution in [0.1, 0.15) is 42.5 Å². The smallest absolute Gasteiger partial charge is 0.327 e. The van der Waals surface area contributed by atoms with Gasteiger partial charge in [-0.25, -0.2) is 4.79 Å². The predicted octanol–water partition coefficient (Wildman–Crippen LogP) is 2.13. The molecular formula is C14H19NO2. The highest BCUT2D eigenvalue weighted by Gasteiger charge is 2.18. The number of carbonyl (C=O) groups is 1. The zero-order chi connectivity index (χ0) is 12.3. The molecule has 1 atom stereocenters. The van der Waals surface area contributed by atoms with Crippen LogP contribution >= 0.6 is 0 Å². The Morgan fingerprint density at radius 1 is 1.35 bits per heavy atom. The molecule has 1 aromatic carbocycles. The standard InChI is InChI=1S/C14H19NO2/c1-2-17-14(16)13(15)12-8-7-10-5-3-4-6-11(10)9-12/h7-9,13H,2-6,15H2,1H3. The Morgan fingerprint density at radius 2 is 2.06 bits per heavy atom. The van der Waals surface area contributed by atoms with Crippen molar-refractivity contribution in [2.24, 2.45) is 5.73 Å². The van der Waals surface area contributed by atoms with Gasteiger partial charge < -0.3 is 10.5 Å². The third-order valence-corrected chi connectivity index (χ3v) is 3.27. The fourth-order valence-corrected chi connectivity index (χ4v) is 2.31. The minimum absolute atomic E-state index is 0.344. The van der Waals surface area contributed by atoms with E-state index in [1.54, 1.807) is 6.92 Å². The van der Waals surface area contributed by atoms with Gasteiger partial charge in [-0.2, -0.15) is 0 Å². The van der Waals surface area contributed by atoms with Crippen molar-refractivity contribution in [2.75, 3.05) is 6.61 Å². The van der Waals surface area contributed by atoms with E-state index < -0.39 is 6.04 Å². The molecule has 2 N–H and O–H groups in total. The first-order valence-electron chi connectivity index (χ1n) is 6.26. The van der Waals surface area contributed by atoms with Crippen LogP contribution in [0.5, 0.6) is 0 Å². The average molecular weight is 233 g/mol. The van der Waals surface area contributed by atoms with Gasteiger partial charge in [0, 0.05) is 0 Å². The van der Waals surface area contributed by atoms with Crippen molar-refractivity contribution in [3.8, 4) is 0 Å². The number of fused-ring (bicyclic) bond motifs is 1. The largest absolute Gasteiger partial charge is 0.465 e. The van der Waals surface area contributed by atoms with Gasteiger partial charge in [-0.05, 0) is 49.3 Å². The fraction of sp³-hybridized carbons (Fsp3) is 0.500. The highest BCUT2D eigenvalue weighted by Crippen LogP contribution is 2.24. The van der Waals surface area contributed by atoms with Gasteiger partial charge >= 0.3 is 5.97 Å². The molecule has 3 nitrogen and oxygen atoms in total. The molecule has 1 aliphatic carbocycles. The van der Waals surface area contributed by atoms with Gasteiger partial charge in [-0.3, -0.25) is 0 Å². The Balaban J connectivity index is 2.18. The van der Waals surface area contributed by atoms with E-state index in [-0.39, 0.29) is 5.97 Å². The molecule has 1 unspecified atom stereocenters. The number of nitrogens with two attached hydrogens (primary N) is 1. The summed E-state index contributed by atoms with van der Waals surface area (Å²) >= 11 is 0. The third-order valence-electron chi connectivity index (χ3n) is 3.27. The number of ether oxygens (including phenoxy) is 1. The summed E-state index contributed by atoms with van der Waals surface area (Å²) in [7, 11) is 0. The van der Waals surface area contributed by atoms with Gasteiger partial charge in [0.25, 0.3) is 0 Å². The highest BCUT2D eigenvalue weighted by atomic mass is 16.5. The van der Waals surface area contributed by atoms with Gasteiger partial charge in [0.05, 0.1) is 6.61 Å². The lowest BCUT2D eigenvalue weighted by Crippen LogP contribution is -2.24. The normalized spacial score (nSPS) is 16.1. The lowest BCUT2D eigenvalue weighted by atomic mass is 9.89. The van der Waals surface area contributed by atoms with E-state index in [2.05, 4.69) is 12.1 Å². The molecule has 0 radical (unpaired) electrons. The van der Waals surface area contributed by atoms with Crippen LogP contribution in [0.2, 0.25) is 0 Å². The van der Waals surface area contributed by atoms with Crippen molar-refractivity contribution in [2.45, 2.75) is 38.6 Å². The maximum atomic E-state index is 11.6. The SMILES string of the molecule is CCOC(=O)C(N)c1ccc2c(c1)CCCC2. The average Bonchev–Trinajstić information content (AvgIpc) is 2.37. The fourth-order valence-electron chi connectivity index (χ4n) is 2.31. The summed E-state index contributed by atoms with van der Waals surface area (Å²) in [6, 6.07) is 5.47. The number of rotatable bonds is 3. The molecule has 0 fully saturated rings. The Labute approximate surface area is 102 Å². The quantitative estimate of drug-likeness (QED) is 0.814. The number of hydrogen-bond acceptors (Lipinski definition) is 3. The third kappa shape index (κ3) is 2.67. The lowest BCUT2D eigenvalue weighted by molar-refractivity contribution is -0.144. The lowest BCUT2D eigenvalue weighted by Gasteiger charge is -2.18. The molecule has 0 aliphatic heterocycles. The Kier molecular flexibility index (Phi) is 3.79. The molecule has 1 aliphatic rings. The summed E-state index contributed by atoms with van der Waals surface area (Å²) in [5, 5.41) is 0. The van der Waals surface area contributed by atoms with E-state index in [4.69, 9.17) is 10.5 Å². The van der Waals surface area contributed by atoms with Crippen LogP contribution in [-0.4, -0.2) is 12.6 Å². The van der Waals surface area contributed by atoms with E-state index in [9.17, 15) is 4.79 Å². The summed E-state index contributed by atoms with van der Waals surface area (Å²) in [6.07, 6.45) is 4.73. The number of benzene rings is 1. The number of esters is 1. The van der Waals surface area contributed by atoms with Crippen LogP contribution in [0.25, 0.3) is 0 Å². The zero-order valence-corrected chi connectivity index (χ0v) is 10.2. The van der Waals surface area contributed by atoms with Crippen LogP contribution in [0.3, 0.4) is 0 Å². The molecule has 17 heavy (non-hydrogen) atoms. The van der Waals surface area contributed by atoms with E-state index in [1.807, 2.05) is 6.07 Å². The van der Waals surface area contributed by atoms with Crippen molar-refractivity contribution >= 4 is 5.97 Å². The van der Waals surface area contributed by atoms with Gasteiger partial charge in [-0.15, -0.1) is 0 Å². The molecule has 1 aromatic rings. The first-order chi connectivity index (χ1) is 8.22. The van der Waals surface area contributed by atoms with E-state index >= 15 is 0 Å². The highest BCUT2D eigenvalue weighted by molar-refractivity contribution is 5.77. The Morgan fingerprint density at radius 3 is 2.76 bits per heavy atom. The Hall–Kier alpha value is -1.35. The minimum atomic E-state index is -0.651. The molecule has 0 heterocycles. The van der Waals surface area contributed by atoms with Crippen LogP contribution in [-0.2, 0) is 22.4 Å². The summed E-state index contributed by atoms with van der Waals surface area (Å²) in [5.41, 5.74) is 9.49. The molecule has 0 aromatic heterocycles. The molecule has 0 amide bonds. The molecule has 2 rings (SSSR count). The maximum absolute atomic E-state index is 11.6. The van der Waals surface area contributed by atoms with Gasteiger partial charge in [0.2, 0.25) is 0 Å². The van der Waals surface area contributed by atoms with Crippen LogP contribution < -0.4 is 5.73 Å². The number of hydrogen-bond donors (Lipinski definition) is 1. The van der Waals surface area contributed by atoms with Gasteiger partial charge in [0.1, 0.15) is 6.04 Å². The van der Waals surface area contributed by atoms with E-state index in [1.165, 1.54) is 24.0 Å². The van der Waals surface area contributed by atoms with Crippen molar-refractivity contribution in [3.05, 3.63) is 34.9 Å². The zero-order valence-electron chi connectivity index (χ0n) is 10.2. The Bertz CT molecular complexity index is 415. The summed E-state index contributed by atoms with van der Waals surface area (Å²) in [6.45, 7) is 2.16. The van der Waals surface area contributed by atoms with Gasteiger partial charge in [0.15, 0.2) is 0 Å². The number of aryl methyl sites for hydroxylation is 2. The van der Waals surface area contributed by atoms with Crippen LogP contribution in [0.4, 0.5) is 0 Å². The second kappa shape index (κ2) is 5.32. The van der Waals surface area contributed by atoms with Gasteiger partial charge in [-0.1, -0.05) is 18.2 Å². The van der Waals surface area contributed by atoms with Crippen molar-refractivity contribution in [1.29, 1.82) is 0 Å². The summed E-state index contributed by atoms with van der Waals surface area (Å²) in [4.78, 5) is 11.6. The second-order valence-electron chi connectivity index (χ2n) is 4.46. The van der Waals surface area contributed by atoms with Crippen molar-refractivity contribution in [1.82, 2.24) is 0 Å². The van der Waals surface area contributed by atoms with Crippen molar-refractivity contribution < 1.29 is 9.53 Å². The molecule has 0 bridgehead atoms. The topological polar surface area (TPSA) is 52.3 Å². The molecule has 3 heteroatoms. The minimum Gasteiger partial charge on any atom is -0.465 e. The predicted molar refractivity (Wildman–Crippen MR) is 66.6 cm³/mol. The first-order valence-corrected chi connectivity index (χ1v) is 6.26. The number of carbonyl (C=O) groups excluding carboxylic acids is 1. The molecule has 0 saturated heterocycles. The monoisotopic (exact) mass is 233 g/mol. The molecule has 0 saturated carbocycles. The van der Waals surface area contributed by atoms with Crippen molar-refractivity contribution in [3.63, 3.8) is 0 Å². The van der Waals surface area contributed by atoms with E-state index in [0.717, 1.165) is 18.4 Å². The second-order valence-corrected chi connectivity index (χ2v) is 4.46. The molecule has 0 spiro atoms. The van der Waals surface area contributed by atoms with Crippen LogP contribution in [0, 0.1) is 0 Å². The first kappa shape index (κ1) is 12.1. The molecular weight excluding hydrogens is 214 g/mol. The van der Waals surface area contributed by atoms with E-state index in [0.29, 0.717) is 6.61 Å². The maximum Gasteiger partial charge on any atom is 0.327 e. The summed E-state index contributed by atoms with van der Waals surface area (Å²) in [5.74, 6) is -0.344. The summed E-state index contributed by atoms with van der Waals surface area (Å²) < 4.78 is 4.94. The van der Waals surface area contributed by atoms with Crippen LogP contribution in [0.15, 0.2) is 18.2 Å².